The Morgan fingerprint density at radius 2 is 2.03 bits per heavy atom. The lowest BCUT2D eigenvalue weighted by Gasteiger charge is -2.34. The largest absolute Gasteiger partial charge is 0.376 e. The fraction of sp³-hybridized carbons (Fsp3) is 0.478. The quantitative estimate of drug-likeness (QED) is 0.384. The number of piperidine rings is 1. The highest BCUT2D eigenvalue weighted by Gasteiger charge is 2.38. The van der Waals surface area contributed by atoms with Crippen molar-refractivity contribution in [3.63, 3.8) is 0 Å². The van der Waals surface area contributed by atoms with Crippen LogP contribution in [0.5, 0.6) is 0 Å². The highest BCUT2D eigenvalue weighted by Crippen LogP contribution is 2.37. The van der Waals surface area contributed by atoms with Gasteiger partial charge in [0.2, 0.25) is 5.91 Å². The molecule has 2 saturated heterocycles. The average molecular weight is 575 g/mol. The maximum Gasteiger partial charge on any atom is 0.252 e. The van der Waals surface area contributed by atoms with Crippen LogP contribution in [0.1, 0.15) is 31.2 Å². The summed E-state index contributed by atoms with van der Waals surface area (Å²) in [5, 5.41) is 1.17. The van der Waals surface area contributed by atoms with Gasteiger partial charge in [-0.1, -0.05) is 40.6 Å². The van der Waals surface area contributed by atoms with Crippen LogP contribution in [0.4, 0.5) is 5.13 Å². The van der Waals surface area contributed by atoms with E-state index in [1.54, 1.807) is 11.0 Å². The molecule has 2 atom stereocenters. The van der Waals surface area contributed by atoms with Crippen molar-refractivity contribution in [1.82, 2.24) is 9.29 Å². The van der Waals surface area contributed by atoms with Gasteiger partial charge in [0.1, 0.15) is 4.21 Å². The molecular weight excluding hydrogens is 549 g/mol. The Bertz CT molecular complexity index is 1310. The van der Waals surface area contributed by atoms with Crippen molar-refractivity contribution in [2.45, 2.75) is 42.9 Å². The number of rotatable bonds is 6. The van der Waals surface area contributed by atoms with E-state index in [-0.39, 0.29) is 22.8 Å². The number of anilines is 1. The smallest absolute Gasteiger partial charge is 0.252 e. The number of fused-ring (bicyclic) bond motifs is 1. The van der Waals surface area contributed by atoms with Gasteiger partial charge in [-0.2, -0.15) is 4.31 Å². The molecular formula is C23H25Cl2N3O4S3. The van der Waals surface area contributed by atoms with Gasteiger partial charge < -0.3 is 4.74 Å². The Kier molecular flexibility index (Phi) is 7.43. The first-order valence-corrected chi connectivity index (χ1v) is 15.3. The molecule has 0 N–H and O–H groups in total. The lowest BCUT2D eigenvalue weighted by molar-refractivity contribution is -0.123. The molecule has 1 amide bonds. The van der Waals surface area contributed by atoms with Crippen LogP contribution in [0.3, 0.4) is 0 Å². The summed E-state index contributed by atoms with van der Waals surface area (Å²) in [6.07, 6.45) is 2.98. The number of hydrogen-bond donors (Lipinski definition) is 0. The first kappa shape index (κ1) is 25.4. The first-order chi connectivity index (χ1) is 16.7. The van der Waals surface area contributed by atoms with E-state index in [0.717, 1.165) is 40.0 Å². The van der Waals surface area contributed by atoms with E-state index >= 15 is 0 Å². The van der Waals surface area contributed by atoms with Crippen molar-refractivity contribution >= 4 is 77.2 Å². The Labute approximate surface area is 222 Å². The molecule has 7 nitrogen and oxygen atoms in total. The normalized spacial score (nSPS) is 21.6. The van der Waals surface area contributed by atoms with Crippen LogP contribution >= 0.6 is 45.9 Å². The molecule has 4 heterocycles. The SMILES string of the molecule is Cc1ccc(Cl)c2sc(N(CC3CCCO3)C(=O)C3CCCN(S(=O)(=O)c4ccc(Cl)s4)C3)nc12. The molecule has 35 heavy (non-hydrogen) atoms. The Balaban J connectivity index is 1.44. The van der Waals surface area contributed by atoms with E-state index in [4.69, 9.17) is 32.9 Å². The number of thiazole rings is 1. The number of thiophene rings is 1. The Hall–Kier alpha value is -1.27. The molecule has 0 aliphatic carbocycles. The number of benzene rings is 1. The number of hydrogen-bond acceptors (Lipinski definition) is 7. The van der Waals surface area contributed by atoms with E-state index in [1.165, 1.54) is 21.7 Å². The number of halogens is 2. The third-order valence-electron chi connectivity index (χ3n) is 6.47. The Morgan fingerprint density at radius 3 is 2.71 bits per heavy atom. The lowest BCUT2D eigenvalue weighted by Crippen LogP contribution is -2.48. The summed E-state index contributed by atoms with van der Waals surface area (Å²) in [5.74, 6) is -0.601. The maximum absolute atomic E-state index is 13.9. The molecule has 5 rings (SSSR count). The number of ether oxygens (including phenoxy) is 1. The molecule has 2 fully saturated rings. The summed E-state index contributed by atoms with van der Waals surface area (Å²) >= 11 is 14.8. The lowest BCUT2D eigenvalue weighted by atomic mass is 9.98. The second kappa shape index (κ2) is 10.2. The van der Waals surface area contributed by atoms with Gasteiger partial charge in [-0.15, -0.1) is 11.3 Å². The van der Waals surface area contributed by atoms with Crippen LogP contribution in [0.15, 0.2) is 28.5 Å². The summed E-state index contributed by atoms with van der Waals surface area (Å²) in [5.41, 5.74) is 1.77. The zero-order valence-electron chi connectivity index (χ0n) is 19.1. The van der Waals surface area contributed by atoms with Gasteiger partial charge in [-0.05, 0) is 56.4 Å². The highest BCUT2D eigenvalue weighted by atomic mass is 35.5. The van der Waals surface area contributed by atoms with Crippen LogP contribution in [-0.4, -0.2) is 56.0 Å². The molecule has 3 aromatic rings. The Morgan fingerprint density at radius 1 is 1.20 bits per heavy atom. The minimum Gasteiger partial charge on any atom is -0.376 e. The molecule has 0 saturated carbocycles. The van der Waals surface area contributed by atoms with E-state index in [2.05, 4.69) is 0 Å². The molecule has 0 radical (unpaired) electrons. The number of aromatic nitrogens is 1. The second-order valence-electron chi connectivity index (χ2n) is 8.88. The van der Waals surface area contributed by atoms with Gasteiger partial charge in [0, 0.05) is 19.7 Å². The monoisotopic (exact) mass is 573 g/mol. The summed E-state index contributed by atoms with van der Waals surface area (Å²) in [7, 11) is -3.71. The van der Waals surface area contributed by atoms with Crippen LogP contribution in [0, 0.1) is 12.8 Å². The van der Waals surface area contributed by atoms with Gasteiger partial charge >= 0.3 is 0 Å². The molecule has 2 aromatic heterocycles. The van der Waals surface area contributed by atoms with Gasteiger partial charge in [0.25, 0.3) is 10.0 Å². The van der Waals surface area contributed by atoms with Gasteiger partial charge in [0.05, 0.1) is 38.1 Å². The van der Waals surface area contributed by atoms with Crippen molar-refractivity contribution in [3.8, 4) is 0 Å². The molecule has 1 aromatic carbocycles. The van der Waals surface area contributed by atoms with E-state index < -0.39 is 15.9 Å². The van der Waals surface area contributed by atoms with Crippen molar-refractivity contribution in [2.24, 2.45) is 5.92 Å². The van der Waals surface area contributed by atoms with E-state index in [9.17, 15) is 13.2 Å². The van der Waals surface area contributed by atoms with Gasteiger partial charge in [-0.3, -0.25) is 9.69 Å². The summed E-state index contributed by atoms with van der Waals surface area (Å²) in [4.78, 5) is 20.4. The maximum atomic E-state index is 13.9. The molecule has 12 heteroatoms. The van der Waals surface area contributed by atoms with Crippen LogP contribution in [0.25, 0.3) is 10.2 Å². The fourth-order valence-electron chi connectivity index (χ4n) is 4.61. The molecule has 188 valence electrons. The molecule has 0 spiro atoms. The number of carbonyl (C=O) groups is 1. The minimum atomic E-state index is -3.71. The third kappa shape index (κ3) is 5.12. The molecule has 2 unspecified atom stereocenters. The molecule has 2 aliphatic heterocycles. The average Bonchev–Trinajstić information content (AvgIpc) is 3.61. The minimum absolute atomic E-state index is 0.0702. The third-order valence-corrected chi connectivity index (χ3v) is 11.6. The zero-order valence-corrected chi connectivity index (χ0v) is 23.0. The van der Waals surface area contributed by atoms with Crippen molar-refractivity contribution in [3.05, 3.63) is 39.2 Å². The predicted octanol–water partition coefficient (Wildman–Crippen LogP) is 5.59. The fourth-order valence-corrected chi connectivity index (χ4v) is 9.10. The molecule has 0 bridgehead atoms. The van der Waals surface area contributed by atoms with Gasteiger partial charge in [-0.25, -0.2) is 13.4 Å². The topological polar surface area (TPSA) is 79.8 Å². The number of aryl methyl sites for hydroxylation is 1. The first-order valence-electron chi connectivity index (χ1n) is 11.5. The number of sulfonamides is 1. The van der Waals surface area contributed by atoms with E-state index in [0.29, 0.717) is 47.0 Å². The van der Waals surface area contributed by atoms with Gasteiger partial charge in [0.15, 0.2) is 5.13 Å². The van der Waals surface area contributed by atoms with Crippen LogP contribution in [0.2, 0.25) is 9.36 Å². The molecule has 2 aliphatic rings. The predicted molar refractivity (Wildman–Crippen MR) is 142 cm³/mol. The summed E-state index contributed by atoms with van der Waals surface area (Å²) < 4.78 is 35.1. The summed E-state index contributed by atoms with van der Waals surface area (Å²) in [6, 6.07) is 6.86. The highest BCUT2D eigenvalue weighted by molar-refractivity contribution is 7.91. The number of amides is 1. The zero-order chi connectivity index (χ0) is 24.7. The second-order valence-corrected chi connectivity index (χ2v) is 14.1. The van der Waals surface area contributed by atoms with Crippen LogP contribution in [-0.2, 0) is 19.6 Å². The van der Waals surface area contributed by atoms with Crippen molar-refractivity contribution < 1.29 is 17.9 Å². The van der Waals surface area contributed by atoms with E-state index in [1.807, 2.05) is 19.1 Å². The number of nitrogens with zero attached hydrogens (tertiary/aromatic N) is 3. The standard InChI is InChI=1S/C23H25Cl2N3O4S3/c1-14-6-7-17(24)21-20(14)26-23(34-21)28(13-16-5-3-11-32-16)22(29)15-4-2-10-27(12-15)35(30,31)19-9-8-18(25)33-19/h6-9,15-16H,2-5,10-13H2,1H3. The van der Waals surface area contributed by atoms with Crippen molar-refractivity contribution in [2.75, 3.05) is 31.1 Å². The van der Waals surface area contributed by atoms with Crippen LogP contribution < -0.4 is 4.90 Å². The summed E-state index contributed by atoms with van der Waals surface area (Å²) in [6.45, 7) is 3.54. The number of carbonyl (C=O) groups excluding carboxylic acids is 1. The van der Waals surface area contributed by atoms with Crippen molar-refractivity contribution in [1.29, 1.82) is 0 Å².